The largest absolute Gasteiger partial charge is 0.507 e. The summed E-state index contributed by atoms with van der Waals surface area (Å²) >= 11 is 0. The van der Waals surface area contributed by atoms with E-state index in [0.717, 1.165) is 16.7 Å². The van der Waals surface area contributed by atoms with Gasteiger partial charge in [-0.05, 0) is 34.1 Å². The molecule has 1 aliphatic heterocycles. The second-order valence-corrected chi connectivity index (χ2v) is 8.57. The second-order valence-electron chi connectivity index (χ2n) is 8.57. The lowest BCUT2D eigenvalue weighted by Gasteiger charge is -2.32. The fourth-order valence-corrected chi connectivity index (χ4v) is 2.73. The summed E-state index contributed by atoms with van der Waals surface area (Å²) in [4.78, 5) is 0. The molecule has 1 fully saturated rings. The number of aromatic hydroxyl groups is 1. The summed E-state index contributed by atoms with van der Waals surface area (Å²) in [6.07, 6.45) is -0.334. The van der Waals surface area contributed by atoms with Gasteiger partial charge in [0.05, 0.1) is 13.2 Å². The van der Waals surface area contributed by atoms with Crippen molar-refractivity contribution in [2.45, 2.75) is 65.6 Å². The van der Waals surface area contributed by atoms with Crippen molar-refractivity contribution in [2.24, 2.45) is 5.92 Å². The molecule has 0 spiro atoms. The molecule has 2 rings (SSSR count). The SMILES string of the molecule is CC(C)(C)c1cc([C@H]2OC[C@H](C)CO2)cc(C(C)(C)C)c1O. The van der Waals surface area contributed by atoms with Crippen LogP contribution in [0.15, 0.2) is 12.1 Å². The number of phenolic OH excluding ortho intramolecular Hbond substituents is 1. The highest BCUT2D eigenvalue weighted by Gasteiger charge is 2.29. The van der Waals surface area contributed by atoms with Gasteiger partial charge in [0, 0.05) is 11.5 Å². The number of hydrogen-bond donors (Lipinski definition) is 1. The van der Waals surface area contributed by atoms with E-state index in [9.17, 15) is 5.11 Å². The summed E-state index contributed by atoms with van der Waals surface area (Å²) in [5, 5.41) is 10.7. The van der Waals surface area contributed by atoms with Gasteiger partial charge < -0.3 is 14.6 Å². The maximum Gasteiger partial charge on any atom is 0.183 e. The van der Waals surface area contributed by atoms with Gasteiger partial charge >= 0.3 is 0 Å². The molecule has 1 N–H and O–H groups in total. The summed E-state index contributed by atoms with van der Waals surface area (Å²) in [7, 11) is 0. The van der Waals surface area contributed by atoms with E-state index in [1.165, 1.54) is 0 Å². The molecule has 1 aromatic carbocycles. The van der Waals surface area contributed by atoms with Crippen molar-refractivity contribution < 1.29 is 14.6 Å². The minimum Gasteiger partial charge on any atom is -0.507 e. The van der Waals surface area contributed by atoms with Gasteiger partial charge in [-0.1, -0.05) is 48.5 Å². The van der Waals surface area contributed by atoms with Crippen LogP contribution < -0.4 is 0 Å². The average molecular weight is 306 g/mol. The average Bonchev–Trinajstić information content (AvgIpc) is 2.37. The van der Waals surface area contributed by atoms with Crippen LogP contribution in [0.1, 0.15) is 71.4 Å². The molecule has 0 aliphatic carbocycles. The maximum atomic E-state index is 10.7. The molecular formula is C19H30O3. The smallest absolute Gasteiger partial charge is 0.183 e. The first-order chi connectivity index (χ1) is 10.00. The van der Waals surface area contributed by atoms with E-state index in [2.05, 4.69) is 48.5 Å². The summed E-state index contributed by atoms with van der Waals surface area (Å²) in [5.41, 5.74) is 2.62. The molecule has 124 valence electrons. The third kappa shape index (κ3) is 3.64. The minimum absolute atomic E-state index is 0.137. The minimum atomic E-state index is -0.334. The van der Waals surface area contributed by atoms with Crippen LogP contribution in [0.25, 0.3) is 0 Å². The van der Waals surface area contributed by atoms with Crippen LogP contribution in [-0.2, 0) is 20.3 Å². The number of phenols is 1. The molecule has 0 bridgehead atoms. The first kappa shape index (κ1) is 17.3. The number of hydrogen-bond acceptors (Lipinski definition) is 3. The van der Waals surface area contributed by atoms with E-state index >= 15 is 0 Å². The van der Waals surface area contributed by atoms with Crippen LogP contribution >= 0.6 is 0 Å². The Hall–Kier alpha value is -1.06. The van der Waals surface area contributed by atoms with Gasteiger partial charge in [0.15, 0.2) is 6.29 Å². The van der Waals surface area contributed by atoms with Gasteiger partial charge in [0.1, 0.15) is 5.75 Å². The summed E-state index contributed by atoms with van der Waals surface area (Å²) < 4.78 is 11.7. The molecular weight excluding hydrogens is 276 g/mol. The summed E-state index contributed by atoms with van der Waals surface area (Å²) in [6, 6.07) is 4.07. The number of benzene rings is 1. The van der Waals surface area contributed by atoms with Crippen molar-refractivity contribution in [1.82, 2.24) is 0 Å². The van der Waals surface area contributed by atoms with Crippen LogP contribution in [0.4, 0.5) is 0 Å². The van der Waals surface area contributed by atoms with Crippen molar-refractivity contribution in [3.63, 3.8) is 0 Å². The molecule has 1 heterocycles. The number of ether oxygens (including phenoxy) is 2. The van der Waals surface area contributed by atoms with Gasteiger partial charge in [0.25, 0.3) is 0 Å². The standard InChI is InChI=1S/C19H30O3/c1-12-10-21-17(22-11-12)13-8-14(18(2,3)4)16(20)15(9-13)19(5,6)7/h8-9,12,17,20H,10-11H2,1-7H3/t12-,17-. The normalized spacial score (nSPS) is 23.6. The van der Waals surface area contributed by atoms with E-state index in [0.29, 0.717) is 24.9 Å². The summed E-state index contributed by atoms with van der Waals surface area (Å²) in [5.74, 6) is 0.825. The van der Waals surface area contributed by atoms with Gasteiger partial charge in [-0.25, -0.2) is 0 Å². The van der Waals surface area contributed by atoms with Crippen LogP contribution in [0.3, 0.4) is 0 Å². The first-order valence-electron chi connectivity index (χ1n) is 8.11. The zero-order valence-electron chi connectivity index (χ0n) is 15.0. The monoisotopic (exact) mass is 306 g/mol. The molecule has 0 saturated carbocycles. The lowest BCUT2D eigenvalue weighted by molar-refractivity contribution is -0.202. The Balaban J connectivity index is 2.51. The van der Waals surface area contributed by atoms with Crippen molar-refractivity contribution in [3.8, 4) is 5.75 Å². The highest BCUT2D eigenvalue weighted by atomic mass is 16.7. The van der Waals surface area contributed by atoms with Crippen molar-refractivity contribution in [2.75, 3.05) is 13.2 Å². The molecule has 0 unspecified atom stereocenters. The van der Waals surface area contributed by atoms with Gasteiger partial charge in [-0.15, -0.1) is 0 Å². The Bertz CT molecular complexity index is 492. The Morgan fingerprint density at radius 1 is 0.909 bits per heavy atom. The predicted molar refractivity (Wildman–Crippen MR) is 89.3 cm³/mol. The van der Waals surface area contributed by atoms with E-state index < -0.39 is 0 Å². The van der Waals surface area contributed by atoms with Gasteiger partial charge in [0.2, 0.25) is 0 Å². The first-order valence-corrected chi connectivity index (χ1v) is 8.11. The molecule has 22 heavy (non-hydrogen) atoms. The Kier molecular flexibility index (Phi) is 4.61. The fourth-order valence-electron chi connectivity index (χ4n) is 2.73. The Morgan fingerprint density at radius 3 is 1.68 bits per heavy atom. The fraction of sp³-hybridized carbons (Fsp3) is 0.684. The molecule has 1 aliphatic rings. The van der Waals surface area contributed by atoms with Gasteiger partial charge in [-0.3, -0.25) is 0 Å². The molecule has 0 aromatic heterocycles. The zero-order chi connectivity index (χ0) is 16.7. The molecule has 3 heteroatoms. The molecule has 1 aromatic rings. The maximum absolute atomic E-state index is 10.7. The van der Waals surface area contributed by atoms with E-state index in [-0.39, 0.29) is 17.1 Å². The molecule has 0 radical (unpaired) electrons. The lowest BCUT2D eigenvalue weighted by atomic mass is 9.78. The Morgan fingerprint density at radius 2 is 1.32 bits per heavy atom. The van der Waals surface area contributed by atoms with Crippen molar-refractivity contribution in [3.05, 3.63) is 28.8 Å². The third-order valence-electron chi connectivity index (χ3n) is 4.08. The van der Waals surface area contributed by atoms with Gasteiger partial charge in [-0.2, -0.15) is 0 Å². The molecule has 1 saturated heterocycles. The van der Waals surface area contributed by atoms with Crippen molar-refractivity contribution in [1.29, 1.82) is 0 Å². The van der Waals surface area contributed by atoms with Crippen LogP contribution in [-0.4, -0.2) is 18.3 Å². The Labute approximate surface area is 134 Å². The van der Waals surface area contributed by atoms with Crippen LogP contribution in [0.2, 0.25) is 0 Å². The van der Waals surface area contributed by atoms with Crippen LogP contribution in [0.5, 0.6) is 5.75 Å². The highest BCUT2D eigenvalue weighted by molar-refractivity contribution is 5.50. The van der Waals surface area contributed by atoms with E-state index in [1.54, 1.807) is 0 Å². The highest BCUT2D eigenvalue weighted by Crippen LogP contribution is 2.41. The quantitative estimate of drug-likeness (QED) is 0.819. The van der Waals surface area contributed by atoms with E-state index in [4.69, 9.17) is 9.47 Å². The second kappa shape index (κ2) is 5.86. The predicted octanol–water partition coefficient (Wildman–Crippen LogP) is 4.67. The molecule has 0 atom stereocenters. The zero-order valence-corrected chi connectivity index (χ0v) is 15.0. The lowest BCUT2D eigenvalue weighted by Crippen LogP contribution is -2.26. The van der Waals surface area contributed by atoms with E-state index in [1.807, 2.05) is 12.1 Å². The molecule has 3 nitrogen and oxygen atoms in total. The third-order valence-corrected chi connectivity index (χ3v) is 4.08. The number of rotatable bonds is 1. The topological polar surface area (TPSA) is 38.7 Å². The van der Waals surface area contributed by atoms with Crippen molar-refractivity contribution >= 4 is 0 Å². The van der Waals surface area contributed by atoms with Crippen LogP contribution in [0, 0.1) is 5.92 Å². The summed E-state index contributed by atoms with van der Waals surface area (Å²) in [6.45, 7) is 16.2. The molecule has 0 amide bonds.